The number of halogens is 1. The molecular formula is C40H34ClNO2. The number of hydrogen-bond acceptors (Lipinski definition) is 3. The third kappa shape index (κ3) is 5.02. The van der Waals surface area contributed by atoms with Gasteiger partial charge in [0.1, 0.15) is 0 Å². The van der Waals surface area contributed by atoms with E-state index >= 15 is 0 Å². The molecule has 10 rings (SSSR count). The number of fused-ring (bicyclic) bond motifs is 1. The average molecular weight is 596 g/mol. The lowest BCUT2D eigenvalue weighted by Gasteiger charge is -2.49. The molecule has 0 saturated carbocycles. The lowest BCUT2D eigenvalue weighted by atomic mass is 9.55. The highest BCUT2D eigenvalue weighted by Crippen LogP contribution is 2.55. The van der Waals surface area contributed by atoms with E-state index < -0.39 is 0 Å². The Morgan fingerprint density at radius 2 is 1.00 bits per heavy atom. The molecule has 6 aromatic rings. The third-order valence-electron chi connectivity index (χ3n) is 9.26. The number of ketones is 2. The van der Waals surface area contributed by atoms with Gasteiger partial charge in [-0.1, -0.05) is 109 Å². The van der Waals surface area contributed by atoms with E-state index in [2.05, 4.69) is 122 Å². The molecule has 4 heteroatoms. The maximum Gasteiger partial charge on any atom is 0.178 e. The molecule has 1 N–H and O–H groups in total. The van der Waals surface area contributed by atoms with Crippen molar-refractivity contribution in [3.63, 3.8) is 0 Å². The molecule has 2 bridgehead atoms. The van der Waals surface area contributed by atoms with Crippen LogP contribution in [0.5, 0.6) is 0 Å². The summed E-state index contributed by atoms with van der Waals surface area (Å²) in [7, 11) is 2.07. The Bertz CT molecular complexity index is 1840. The first kappa shape index (κ1) is 29.5. The number of carbonyl (C=O) groups excluding carboxylic acids is 2. The Hall–Kier alpha value is -4.57. The molecule has 6 aromatic carbocycles. The lowest BCUT2D eigenvalue weighted by Crippen LogP contribution is -2.46. The molecule has 0 unspecified atom stereocenters. The second-order valence-corrected chi connectivity index (χ2v) is 11.6. The number of allylic oxidation sites excluding steroid dienone is 4. The largest absolute Gasteiger partial charge is 0.319 e. The lowest BCUT2D eigenvalue weighted by molar-refractivity contribution is -0.113. The number of rotatable bonds is 2. The first-order valence-corrected chi connectivity index (χ1v) is 15.0. The van der Waals surface area contributed by atoms with Gasteiger partial charge in [0.25, 0.3) is 0 Å². The molecule has 0 radical (unpaired) electrons. The van der Waals surface area contributed by atoms with Gasteiger partial charge in [-0.05, 0) is 98.8 Å². The summed E-state index contributed by atoms with van der Waals surface area (Å²) in [4.78, 5) is 20.6. The molecule has 0 saturated heterocycles. The van der Waals surface area contributed by atoms with Gasteiger partial charge in [0, 0.05) is 17.9 Å². The molecule has 0 fully saturated rings. The van der Waals surface area contributed by atoms with E-state index in [9.17, 15) is 9.59 Å². The maximum absolute atomic E-state index is 10.3. The van der Waals surface area contributed by atoms with E-state index in [-0.39, 0.29) is 29.4 Å². The summed E-state index contributed by atoms with van der Waals surface area (Å²) in [6.45, 7) is 1.04. The van der Waals surface area contributed by atoms with E-state index in [4.69, 9.17) is 0 Å². The van der Waals surface area contributed by atoms with Crippen molar-refractivity contribution in [1.29, 1.82) is 0 Å². The first-order chi connectivity index (χ1) is 21.1. The number of hydrogen-bond donors (Lipinski definition) is 1. The van der Waals surface area contributed by atoms with Crippen LogP contribution in [-0.2, 0) is 15.0 Å². The smallest absolute Gasteiger partial charge is 0.178 e. The summed E-state index contributed by atoms with van der Waals surface area (Å²) < 4.78 is 0. The Labute approximate surface area is 264 Å². The van der Waals surface area contributed by atoms with Gasteiger partial charge in [-0.25, -0.2) is 0 Å². The van der Waals surface area contributed by atoms with E-state index in [0.29, 0.717) is 5.92 Å². The highest BCUT2D eigenvalue weighted by Gasteiger charge is 2.47. The van der Waals surface area contributed by atoms with Gasteiger partial charge in [0.2, 0.25) is 0 Å². The number of nitrogens with one attached hydrogen (secondary N) is 1. The number of benzene rings is 6. The summed E-state index contributed by atoms with van der Waals surface area (Å²) in [6.07, 6.45) is 7.57. The monoisotopic (exact) mass is 595 g/mol. The second kappa shape index (κ2) is 12.2. The Morgan fingerprint density at radius 3 is 1.41 bits per heavy atom. The van der Waals surface area contributed by atoms with E-state index in [1.165, 1.54) is 69.5 Å². The molecule has 0 atom stereocenters. The highest BCUT2D eigenvalue weighted by molar-refractivity contribution is 6.22. The predicted molar refractivity (Wildman–Crippen MR) is 184 cm³/mol. The van der Waals surface area contributed by atoms with Gasteiger partial charge < -0.3 is 5.32 Å². The number of carbonyl (C=O) groups is 2. The Balaban J connectivity index is 0.000000125. The van der Waals surface area contributed by atoms with Crippen molar-refractivity contribution < 1.29 is 9.59 Å². The molecule has 218 valence electrons. The fraction of sp³-hybridized carbons (Fsp3) is 0.150. The summed E-state index contributed by atoms with van der Waals surface area (Å²) in [6, 6.07) is 40.0. The maximum atomic E-state index is 10.3. The SMILES string of the molecule is CNCC12CCC(c3ccccc31)c1ccccc12.Cl.O=C1C=CC(=O)C=C1.c1cc2ccc3cccc4ccc(c1)c2c34. The molecule has 4 aliphatic carbocycles. The van der Waals surface area contributed by atoms with Crippen LogP contribution in [0.4, 0.5) is 0 Å². The Morgan fingerprint density at radius 1 is 0.591 bits per heavy atom. The molecule has 0 aromatic heterocycles. The van der Waals surface area contributed by atoms with Gasteiger partial charge in [-0.3, -0.25) is 9.59 Å². The van der Waals surface area contributed by atoms with Crippen molar-refractivity contribution in [2.45, 2.75) is 24.2 Å². The van der Waals surface area contributed by atoms with Gasteiger partial charge >= 0.3 is 0 Å². The zero-order valence-corrected chi connectivity index (χ0v) is 25.4. The van der Waals surface area contributed by atoms with E-state index in [1.54, 1.807) is 22.3 Å². The van der Waals surface area contributed by atoms with E-state index in [1.807, 2.05) is 0 Å². The van der Waals surface area contributed by atoms with Gasteiger partial charge in [-0.2, -0.15) is 0 Å². The van der Waals surface area contributed by atoms with Crippen molar-refractivity contribution in [3.05, 3.63) is 156 Å². The fourth-order valence-electron chi connectivity index (χ4n) is 7.45. The number of likely N-dealkylation sites (N-methyl/N-ethyl adjacent to an activating group) is 1. The van der Waals surface area contributed by atoms with Crippen molar-refractivity contribution in [3.8, 4) is 0 Å². The fourth-order valence-corrected chi connectivity index (χ4v) is 7.45. The van der Waals surface area contributed by atoms with Gasteiger partial charge in [0.05, 0.1) is 0 Å². The van der Waals surface area contributed by atoms with Crippen molar-refractivity contribution in [2.75, 3.05) is 13.6 Å². The zero-order valence-electron chi connectivity index (χ0n) is 24.6. The van der Waals surface area contributed by atoms with Crippen LogP contribution in [-0.4, -0.2) is 25.2 Å². The third-order valence-corrected chi connectivity index (χ3v) is 9.26. The van der Waals surface area contributed by atoms with Crippen LogP contribution in [0.15, 0.2) is 133 Å². The summed E-state index contributed by atoms with van der Waals surface area (Å²) in [5.74, 6) is 0.375. The van der Waals surface area contributed by atoms with Crippen LogP contribution < -0.4 is 5.32 Å². The van der Waals surface area contributed by atoms with Gasteiger partial charge in [-0.15, -0.1) is 12.4 Å². The molecular weight excluding hydrogens is 562 g/mol. The van der Waals surface area contributed by atoms with Crippen LogP contribution in [0.1, 0.15) is 41.0 Å². The summed E-state index contributed by atoms with van der Waals surface area (Å²) in [5, 5.41) is 11.6. The molecule has 44 heavy (non-hydrogen) atoms. The van der Waals surface area contributed by atoms with Crippen LogP contribution in [0.25, 0.3) is 32.3 Å². The van der Waals surface area contributed by atoms with Crippen molar-refractivity contribution in [2.24, 2.45) is 0 Å². The molecule has 0 aliphatic heterocycles. The topological polar surface area (TPSA) is 46.2 Å². The van der Waals surface area contributed by atoms with Crippen LogP contribution >= 0.6 is 12.4 Å². The van der Waals surface area contributed by atoms with Crippen molar-refractivity contribution >= 4 is 56.3 Å². The molecule has 0 amide bonds. The minimum atomic E-state index is -0.121. The molecule has 4 aliphatic rings. The quantitative estimate of drug-likeness (QED) is 0.161. The van der Waals surface area contributed by atoms with Crippen LogP contribution in [0, 0.1) is 0 Å². The predicted octanol–water partition coefficient (Wildman–Crippen LogP) is 8.69. The minimum absolute atomic E-state index is 0. The van der Waals surface area contributed by atoms with Crippen molar-refractivity contribution in [1.82, 2.24) is 5.32 Å². The van der Waals surface area contributed by atoms with Crippen LogP contribution in [0.3, 0.4) is 0 Å². The zero-order chi connectivity index (χ0) is 29.4. The molecule has 0 spiro atoms. The minimum Gasteiger partial charge on any atom is -0.319 e. The normalized spacial score (nSPS) is 19.1. The standard InChI is InChI=1S/C18H19N.C16H10.C6H4O2.ClH/c1-19-12-18-11-10-13(14-6-2-4-8-16(14)18)15-7-3-5-9-17(15)18;1-3-11-7-9-13-5-2-6-14-10-8-12(4-1)15(11)16(13)14;7-5-1-2-6(8)4-3-5;/h2-9,13,19H,10-12H2,1H3;1-10H;1-4H;1H. The van der Waals surface area contributed by atoms with Crippen LogP contribution in [0.2, 0.25) is 0 Å². The highest BCUT2D eigenvalue weighted by atomic mass is 35.5. The Kier molecular flexibility index (Phi) is 8.18. The summed E-state index contributed by atoms with van der Waals surface area (Å²) in [5.41, 5.74) is 6.42. The molecule has 3 nitrogen and oxygen atoms in total. The first-order valence-electron chi connectivity index (χ1n) is 15.0. The summed E-state index contributed by atoms with van der Waals surface area (Å²) >= 11 is 0. The van der Waals surface area contributed by atoms with Gasteiger partial charge in [0.15, 0.2) is 11.6 Å². The second-order valence-electron chi connectivity index (χ2n) is 11.6. The molecule has 0 heterocycles. The average Bonchev–Trinajstić information content (AvgIpc) is 3.06. The van der Waals surface area contributed by atoms with E-state index in [0.717, 1.165) is 6.54 Å².